The van der Waals surface area contributed by atoms with Crippen LogP contribution in [0.5, 0.6) is 0 Å². The molecule has 0 aliphatic carbocycles. The maximum atomic E-state index is 11.6. The fourth-order valence-corrected chi connectivity index (χ4v) is 1.43. The van der Waals surface area contributed by atoms with Crippen LogP contribution >= 0.6 is 0 Å². The lowest BCUT2D eigenvalue weighted by molar-refractivity contribution is -0.116. The number of likely N-dealkylation sites (N-methyl/N-ethyl adjacent to an activating group) is 1. The summed E-state index contributed by atoms with van der Waals surface area (Å²) in [4.78, 5) is 13.6. The van der Waals surface area contributed by atoms with Crippen molar-refractivity contribution >= 4 is 11.5 Å². The number of nitrogens with one attached hydrogen (secondary N) is 1. The van der Waals surface area contributed by atoms with Crippen molar-refractivity contribution in [1.82, 2.24) is 10.2 Å². The Hall–Kier alpha value is -1.61. The zero-order valence-electron chi connectivity index (χ0n) is 10.7. The van der Waals surface area contributed by atoms with Crippen molar-refractivity contribution in [2.24, 2.45) is 0 Å². The van der Waals surface area contributed by atoms with Crippen LogP contribution in [0.2, 0.25) is 0 Å². The van der Waals surface area contributed by atoms with Crippen LogP contribution in [0.25, 0.3) is 5.57 Å². The number of allylic oxidation sites excluding steroid dienone is 1. The third kappa shape index (κ3) is 5.31. The quantitative estimate of drug-likeness (QED) is 0.785. The van der Waals surface area contributed by atoms with Crippen molar-refractivity contribution in [2.75, 3.05) is 27.2 Å². The number of nitrogens with zero attached hydrogens (tertiary/aromatic N) is 1. The first-order valence-corrected chi connectivity index (χ1v) is 5.76. The van der Waals surface area contributed by atoms with Gasteiger partial charge in [0, 0.05) is 19.2 Å². The highest BCUT2D eigenvalue weighted by atomic mass is 16.1. The highest BCUT2D eigenvalue weighted by molar-refractivity contribution is 5.94. The van der Waals surface area contributed by atoms with Crippen LogP contribution < -0.4 is 5.32 Å². The fourth-order valence-electron chi connectivity index (χ4n) is 1.43. The van der Waals surface area contributed by atoms with E-state index in [1.165, 1.54) is 0 Å². The molecule has 1 aromatic carbocycles. The molecule has 0 radical (unpaired) electrons. The molecule has 17 heavy (non-hydrogen) atoms. The van der Waals surface area contributed by atoms with E-state index in [-0.39, 0.29) is 5.91 Å². The molecule has 0 aliphatic rings. The molecule has 0 unspecified atom stereocenters. The summed E-state index contributed by atoms with van der Waals surface area (Å²) in [6.45, 7) is 3.47. The summed E-state index contributed by atoms with van der Waals surface area (Å²) >= 11 is 0. The topological polar surface area (TPSA) is 32.3 Å². The number of carbonyl (C=O) groups is 1. The van der Waals surface area contributed by atoms with E-state index in [9.17, 15) is 4.79 Å². The molecule has 0 bridgehead atoms. The van der Waals surface area contributed by atoms with E-state index in [0.717, 1.165) is 17.7 Å². The predicted molar refractivity (Wildman–Crippen MR) is 71.7 cm³/mol. The van der Waals surface area contributed by atoms with Gasteiger partial charge in [-0.05, 0) is 32.2 Å². The summed E-state index contributed by atoms with van der Waals surface area (Å²) in [5, 5.41) is 2.86. The Bertz CT molecular complexity index is 382. The molecule has 0 saturated heterocycles. The number of hydrogen-bond acceptors (Lipinski definition) is 2. The Labute approximate surface area is 103 Å². The molecule has 0 fully saturated rings. The Morgan fingerprint density at radius 2 is 1.94 bits per heavy atom. The summed E-state index contributed by atoms with van der Waals surface area (Å²) in [7, 11) is 3.97. The first-order valence-electron chi connectivity index (χ1n) is 5.76. The number of amides is 1. The summed E-state index contributed by atoms with van der Waals surface area (Å²) in [6.07, 6.45) is 1.64. The minimum Gasteiger partial charge on any atom is -0.351 e. The maximum Gasteiger partial charge on any atom is 0.244 e. The summed E-state index contributed by atoms with van der Waals surface area (Å²) in [5.41, 5.74) is 2.06. The largest absolute Gasteiger partial charge is 0.351 e. The predicted octanol–water partition coefficient (Wildman–Crippen LogP) is 1.77. The van der Waals surface area contributed by atoms with Gasteiger partial charge < -0.3 is 10.2 Å². The Morgan fingerprint density at radius 3 is 2.53 bits per heavy atom. The van der Waals surface area contributed by atoms with E-state index >= 15 is 0 Å². The van der Waals surface area contributed by atoms with E-state index in [1.807, 2.05) is 56.3 Å². The van der Waals surface area contributed by atoms with Crippen molar-refractivity contribution in [1.29, 1.82) is 0 Å². The van der Waals surface area contributed by atoms with Gasteiger partial charge in [0.1, 0.15) is 0 Å². The number of hydrogen-bond donors (Lipinski definition) is 1. The van der Waals surface area contributed by atoms with Gasteiger partial charge in [0.15, 0.2) is 0 Å². The average molecular weight is 232 g/mol. The summed E-state index contributed by atoms with van der Waals surface area (Å²) < 4.78 is 0. The van der Waals surface area contributed by atoms with E-state index in [1.54, 1.807) is 6.08 Å². The Balaban J connectivity index is 2.49. The monoisotopic (exact) mass is 232 g/mol. The van der Waals surface area contributed by atoms with Crippen LogP contribution in [0, 0.1) is 0 Å². The SMILES string of the molecule is C/C(=C\C(=O)NCCN(C)C)c1ccccc1. The van der Waals surface area contributed by atoms with Crippen molar-refractivity contribution < 1.29 is 4.79 Å². The number of rotatable bonds is 5. The van der Waals surface area contributed by atoms with Crippen LogP contribution in [-0.2, 0) is 4.79 Å². The van der Waals surface area contributed by atoms with Crippen molar-refractivity contribution in [2.45, 2.75) is 6.92 Å². The second-order valence-electron chi connectivity index (χ2n) is 4.29. The van der Waals surface area contributed by atoms with Crippen LogP contribution in [0.3, 0.4) is 0 Å². The van der Waals surface area contributed by atoms with E-state index in [4.69, 9.17) is 0 Å². The second-order valence-corrected chi connectivity index (χ2v) is 4.29. The van der Waals surface area contributed by atoms with Gasteiger partial charge in [-0.3, -0.25) is 4.79 Å². The lowest BCUT2D eigenvalue weighted by Crippen LogP contribution is -2.30. The molecule has 0 aromatic heterocycles. The van der Waals surface area contributed by atoms with Crippen molar-refractivity contribution in [3.05, 3.63) is 42.0 Å². The smallest absolute Gasteiger partial charge is 0.244 e. The molecule has 0 saturated carbocycles. The van der Waals surface area contributed by atoms with Gasteiger partial charge in [0.25, 0.3) is 0 Å². The van der Waals surface area contributed by atoms with E-state index in [0.29, 0.717) is 6.54 Å². The molecule has 92 valence electrons. The normalized spacial score (nSPS) is 11.6. The third-order valence-corrected chi connectivity index (χ3v) is 2.43. The van der Waals surface area contributed by atoms with Crippen molar-refractivity contribution in [3.8, 4) is 0 Å². The molecule has 3 heteroatoms. The van der Waals surface area contributed by atoms with E-state index in [2.05, 4.69) is 5.32 Å². The first-order chi connectivity index (χ1) is 8.09. The highest BCUT2D eigenvalue weighted by Gasteiger charge is 1.99. The van der Waals surface area contributed by atoms with Gasteiger partial charge in [-0.2, -0.15) is 0 Å². The van der Waals surface area contributed by atoms with Gasteiger partial charge in [-0.15, -0.1) is 0 Å². The van der Waals surface area contributed by atoms with Gasteiger partial charge in [-0.25, -0.2) is 0 Å². The molecular weight excluding hydrogens is 212 g/mol. The zero-order valence-corrected chi connectivity index (χ0v) is 10.7. The first kappa shape index (κ1) is 13.5. The summed E-state index contributed by atoms with van der Waals surface area (Å²) in [5.74, 6) is -0.0341. The molecule has 0 aliphatic heterocycles. The fraction of sp³-hybridized carbons (Fsp3) is 0.357. The van der Waals surface area contributed by atoms with Gasteiger partial charge in [-0.1, -0.05) is 30.3 Å². The van der Waals surface area contributed by atoms with Crippen LogP contribution in [0.4, 0.5) is 0 Å². The minimum atomic E-state index is -0.0341. The minimum absolute atomic E-state index is 0.0341. The highest BCUT2D eigenvalue weighted by Crippen LogP contribution is 2.11. The molecular formula is C14H20N2O. The van der Waals surface area contributed by atoms with Crippen molar-refractivity contribution in [3.63, 3.8) is 0 Å². The standard InChI is InChI=1S/C14H20N2O/c1-12(13-7-5-4-6-8-13)11-14(17)15-9-10-16(2)3/h4-8,11H,9-10H2,1-3H3,(H,15,17)/b12-11+. The molecule has 0 heterocycles. The Kier molecular flexibility index (Phi) is 5.43. The average Bonchev–Trinajstić information content (AvgIpc) is 2.29. The second kappa shape index (κ2) is 6.86. The van der Waals surface area contributed by atoms with Crippen LogP contribution in [0.15, 0.2) is 36.4 Å². The lowest BCUT2D eigenvalue weighted by Gasteiger charge is -2.09. The lowest BCUT2D eigenvalue weighted by atomic mass is 10.1. The molecule has 3 nitrogen and oxygen atoms in total. The van der Waals surface area contributed by atoms with Gasteiger partial charge in [0.2, 0.25) is 5.91 Å². The van der Waals surface area contributed by atoms with Crippen LogP contribution in [0.1, 0.15) is 12.5 Å². The van der Waals surface area contributed by atoms with E-state index < -0.39 is 0 Å². The molecule has 0 spiro atoms. The Morgan fingerprint density at radius 1 is 1.29 bits per heavy atom. The molecule has 1 aromatic rings. The molecule has 1 N–H and O–H groups in total. The zero-order chi connectivity index (χ0) is 12.7. The molecule has 1 rings (SSSR count). The maximum absolute atomic E-state index is 11.6. The third-order valence-electron chi connectivity index (χ3n) is 2.43. The molecule has 0 atom stereocenters. The number of carbonyl (C=O) groups excluding carboxylic acids is 1. The number of benzene rings is 1. The van der Waals surface area contributed by atoms with Gasteiger partial charge >= 0.3 is 0 Å². The summed E-state index contributed by atoms with van der Waals surface area (Å²) in [6, 6.07) is 9.90. The molecule has 1 amide bonds. The van der Waals surface area contributed by atoms with Crippen LogP contribution in [-0.4, -0.2) is 38.0 Å². The van der Waals surface area contributed by atoms with Gasteiger partial charge in [0.05, 0.1) is 0 Å².